The van der Waals surface area contributed by atoms with Crippen molar-refractivity contribution in [3.05, 3.63) is 65.0 Å². The molecule has 7 heteroatoms. The highest BCUT2D eigenvalue weighted by Crippen LogP contribution is 2.35. The van der Waals surface area contributed by atoms with E-state index in [1.54, 1.807) is 0 Å². The van der Waals surface area contributed by atoms with Crippen molar-refractivity contribution < 1.29 is 19.0 Å². The Hall–Kier alpha value is -2.90. The SMILES string of the molecule is CCOC(CC(Cc1ccc(C2=CC=CC(C)C2C)cc1)NC(C(=N)OC(N)=O)C1CO1)=C1CC1. The van der Waals surface area contributed by atoms with Crippen LogP contribution in [0.15, 0.2) is 53.8 Å². The van der Waals surface area contributed by atoms with Gasteiger partial charge in [-0.2, -0.15) is 0 Å². The Bertz CT molecular complexity index is 1020. The summed E-state index contributed by atoms with van der Waals surface area (Å²) in [4.78, 5) is 11.3. The Labute approximate surface area is 207 Å². The Morgan fingerprint density at radius 3 is 2.57 bits per heavy atom. The summed E-state index contributed by atoms with van der Waals surface area (Å²) in [7, 11) is 0. The van der Waals surface area contributed by atoms with Crippen LogP contribution < -0.4 is 11.1 Å². The lowest BCUT2D eigenvalue weighted by atomic mass is 9.81. The number of nitrogens with one attached hydrogen (secondary N) is 2. The van der Waals surface area contributed by atoms with E-state index in [4.69, 9.17) is 25.4 Å². The van der Waals surface area contributed by atoms with Crippen molar-refractivity contribution in [2.75, 3.05) is 13.2 Å². The summed E-state index contributed by atoms with van der Waals surface area (Å²) >= 11 is 0. The van der Waals surface area contributed by atoms with Crippen molar-refractivity contribution in [2.24, 2.45) is 17.6 Å². The maximum Gasteiger partial charge on any atom is 0.411 e. The van der Waals surface area contributed by atoms with Gasteiger partial charge in [-0.05, 0) is 60.3 Å². The second-order valence-electron chi connectivity index (χ2n) is 9.72. The molecule has 3 aliphatic rings. The fourth-order valence-corrected chi connectivity index (χ4v) is 4.67. The first kappa shape index (κ1) is 25.2. The van der Waals surface area contributed by atoms with Gasteiger partial charge in [0.05, 0.1) is 19.0 Å². The van der Waals surface area contributed by atoms with Gasteiger partial charge in [-0.15, -0.1) is 0 Å². The third kappa shape index (κ3) is 6.83. The first-order valence-corrected chi connectivity index (χ1v) is 12.6. The lowest BCUT2D eigenvalue weighted by molar-refractivity contribution is 0.196. The van der Waals surface area contributed by atoms with E-state index in [0.717, 1.165) is 25.0 Å². The number of allylic oxidation sites excluding steroid dienone is 5. The minimum absolute atomic E-state index is 0.0303. The van der Waals surface area contributed by atoms with Gasteiger partial charge in [-0.3, -0.25) is 5.41 Å². The standard InChI is InChI=1S/C28H37N3O4/c1-4-33-24(21-12-13-21)15-22(31-26(25-16-34-25)27(29)35-28(30)32)14-19-8-10-20(11-9-19)23-7-5-6-17(2)18(23)3/h5-11,17-18,22,25-26,29,31H,4,12-16H2,1-3H3,(H2,30,32). The maximum atomic E-state index is 11.3. The van der Waals surface area contributed by atoms with Gasteiger partial charge in [-0.1, -0.05) is 56.3 Å². The average Bonchev–Trinajstić information content (AvgIpc) is 3.73. The van der Waals surface area contributed by atoms with E-state index in [1.807, 2.05) is 6.92 Å². The van der Waals surface area contributed by atoms with Crippen molar-refractivity contribution in [1.82, 2.24) is 5.32 Å². The Kier molecular flexibility index (Phi) is 8.08. The van der Waals surface area contributed by atoms with E-state index in [9.17, 15) is 4.79 Å². The second-order valence-corrected chi connectivity index (χ2v) is 9.72. The highest BCUT2D eigenvalue weighted by atomic mass is 16.6. The summed E-state index contributed by atoms with van der Waals surface area (Å²) in [6.07, 6.45) is 9.01. The van der Waals surface area contributed by atoms with E-state index < -0.39 is 12.1 Å². The van der Waals surface area contributed by atoms with Gasteiger partial charge < -0.3 is 25.3 Å². The van der Waals surface area contributed by atoms with Gasteiger partial charge >= 0.3 is 6.09 Å². The molecule has 1 aromatic carbocycles. The molecule has 1 aliphatic heterocycles. The molecule has 5 unspecified atom stereocenters. The number of hydrogen-bond donors (Lipinski definition) is 3. The molecule has 0 aromatic heterocycles. The maximum absolute atomic E-state index is 11.3. The first-order valence-electron chi connectivity index (χ1n) is 12.6. The Morgan fingerprint density at radius 2 is 1.97 bits per heavy atom. The molecule has 1 saturated carbocycles. The molecular formula is C28H37N3O4. The molecular weight excluding hydrogens is 442 g/mol. The zero-order valence-corrected chi connectivity index (χ0v) is 20.9. The molecule has 0 bridgehead atoms. The average molecular weight is 480 g/mol. The fraction of sp³-hybridized carbons (Fsp3) is 0.500. The summed E-state index contributed by atoms with van der Waals surface area (Å²) in [5.74, 6) is 1.82. The van der Waals surface area contributed by atoms with Crippen molar-refractivity contribution in [3.8, 4) is 0 Å². The lowest BCUT2D eigenvalue weighted by Crippen LogP contribution is -2.49. The van der Waals surface area contributed by atoms with E-state index in [2.05, 4.69) is 61.7 Å². The monoisotopic (exact) mass is 479 g/mol. The molecule has 4 N–H and O–H groups in total. The molecule has 2 fully saturated rings. The molecule has 4 rings (SSSR count). The minimum atomic E-state index is -0.986. The van der Waals surface area contributed by atoms with E-state index in [-0.39, 0.29) is 18.0 Å². The number of nitrogens with two attached hydrogens (primary N) is 1. The van der Waals surface area contributed by atoms with Gasteiger partial charge in [-0.25, -0.2) is 4.79 Å². The summed E-state index contributed by atoms with van der Waals surface area (Å²) in [6.45, 7) is 7.66. The largest absolute Gasteiger partial charge is 0.498 e. The van der Waals surface area contributed by atoms with Crippen LogP contribution in [0.5, 0.6) is 0 Å². The lowest BCUT2D eigenvalue weighted by Gasteiger charge is -2.26. The predicted octanol–water partition coefficient (Wildman–Crippen LogP) is 4.73. The zero-order chi connectivity index (χ0) is 24.9. The van der Waals surface area contributed by atoms with Crippen molar-refractivity contribution in [2.45, 2.75) is 64.6 Å². The Morgan fingerprint density at radius 1 is 1.26 bits per heavy atom. The van der Waals surface area contributed by atoms with Crippen molar-refractivity contribution in [1.29, 1.82) is 5.41 Å². The molecule has 0 radical (unpaired) electrons. The van der Waals surface area contributed by atoms with Gasteiger partial charge in [0.2, 0.25) is 5.90 Å². The van der Waals surface area contributed by atoms with Crippen LogP contribution in [0, 0.1) is 17.2 Å². The van der Waals surface area contributed by atoms with Crippen molar-refractivity contribution >= 4 is 17.6 Å². The number of benzene rings is 1. The van der Waals surface area contributed by atoms with E-state index in [1.165, 1.54) is 22.3 Å². The van der Waals surface area contributed by atoms with Crippen LogP contribution >= 0.6 is 0 Å². The number of primary amides is 1. The third-order valence-electron chi connectivity index (χ3n) is 7.02. The molecule has 188 valence electrons. The number of carbonyl (C=O) groups excluding carboxylic acids is 1. The van der Waals surface area contributed by atoms with E-state index in [0.29, 0.717) is 31.5 Å². The van der Waals surface area contributed by atoms with Crippen LogP contribution in [0.25, 0.3) is 5.57 Å². The molecule has 5 atom stereocenters. The van der Waals surface area contributed by atoms with Crippen LogP contribution in [0.3, 0.4) is 0 Å². The molecule has 0 spiro atoms. The summed E-state index contributed by atoms with van der Waals surface area (Å²) < 4.78 is 16.3. The smallest absolute Gasteiger partial charge is 0.411 e. The number of epoxide rings is 1. The second kappa shape index (κ2) is 11.2. The molecule has 35 heavy (non-hydrogen) atoms. The molecule has 7 nitrogen and oxygen atoms in total. The van der Waals surface area contributed by atoms with Crippen LogP contribution in [0.2, 0.25) is 0 Å². The number of carbonyl (C=O) groups is 1. The topological polar surface area (TPSA) is 110 Å². The number of hydrogen-bond acceptors (Lipinski definition) is 6. The molecule has 1 heterocycles. The summed E-state index contributed by atoms with van der Waals surface area (Å²) in [5, 5.41) is 11.8. The highest BCUT2D eigenvalue weighted by Gasteiger charge is 2.39. The normalized spacial score (nSPS) is 24.3. The fourth-order valence-electron chi connectivity index (χ4n) is 4.67. The highest BCUT2D eigenvalue weighted by molar-refractivity contribution is 5.89. The summed E-state index contributed by atoms with van der Waals surface area (Å²) in [5.41, 5.74) is 10.3. The molecule has 1 amide bonds. The minimum Gasteiger partial charge on any atom is -0.498 e. The van der Waals surface area contributed by atoms with Crippen LogP contribution in [-0.2, 0) is 20.6 Å². The van der Waals surface area contributed by atoms with Gasteiger partial charge in [0.1, 0.15) is 12.1 Å². The zero-order valence-electron chi connectivity index (χ0n) is 20.9. The van der Waals surface area contributed by atoms with Gasteiger partial charge in [0.25, 0.3) is 0 Å². The van der Waals surface area contributed by atoms with Crippen LogP contribution in [0.1, 0.15) is 51.2 Å². The quantitative estimate of drug-likeness (QED) is 0.184. The molecule has 1 saturated heterocycles. The molecule has 2 aliphatic carbocycles. The van der Waals surface area contributed by atoms with Gasteiger partial charge in [0.15, 0.2) is 0 Å². The number of ether oxygens (including phenoxy) is 3. The number of rotatable bonds is 11. The van der Waals surface area contributed by atoms with Crippen molar-refractivity contribution in [3.63, 3.8) is 0 Å². The summed E-state index contributed by atoms with van der Waals surface area (Å²) in [6, 6.07) is 8.18. The first-order chi connectivity index (χ1) is 16.9. The van der Waals surface area contributed by atoms with Crippen LogP contribution in [0.4, 0.5) is 4.79 Å². The predicted molar refractivity (Wildman–Crippen MR) is 137 cm³/mol. The third-order valence-corrected chi connectivity index (χ3v) is 7.02. The Balaban J connectivity index is 1.51. The van der Waals surface area contributed by atoms with E-state index >= 15 is 0 Å². The molecule has 1 aromatic rings. The van der Waals surface area contributed by atoms with Gasteiger partial charge in [0, 0.05) is 12.5 Å². The van der Waals surface area contributed by atoms with Crippen LogP contribution in [-0.4, -0.2) is 43.4 Å². The number of amides is 1.